The van der Waals surface area contributed by atoms with Crippen molar-refractivity contribution in [1.29, 1.82) is 5.26 Å². The molecule has 0 aromatic rings. The number of rotatable bonds is 0. The summed E-state index contributed by atoms with van der Waals surface area (Å²) >= 11 is 6.33. The van der Waals surface area contributed by atoms with Gasteiger partial charge in [-0.3, -0.25) is 0 Å². The standard InChI is InChI=1S/C10H10ClN/c11-10(3-12)2-6-4-1-5-7(6)8(5)9(4)10/h4-9H,1-2H2. The molecule has 12 heavy (non-hydrogen) atoms. The predicted octanol–water partition coefficient (Wildman–Crippen LogP) is 2.02. The van der Waals surface area contributed by atoms with Crippen LogP contribution in [0.5, 0.6) is 0 Å². The second kappa shape index (κ2) is 1.44. The lowest BCUT2D eigenvalue weighted by molar-refractivity contribution is 0.402. The number of hydrogen-bond acceptors (Lipinski definition) is 1. The molecule has 0 saturated heterocycles. The van der Waals surface area contributed by atoms with Crippen LogP contribution in [0.3, 0.4) is 0 Å². The van der Waals surface area contributed by atoms with E-state index in [1.807, 2.05) is 0 Å². The molecule has 6 bridgehead atoms. The van der Waals surface area contributed by atoms with Crippen LogP contribution in [-0.2, 0) is 0 Å². The second-order valence-electron chi connectivity index (χ2n) is 5.09. The quantitative estimate of drug-likeness (QED) is 0.522. The number of nitriles is 1. The van der Waals surface area contributed by atoms with Crippen molar-refractivity contribution in [2.75, 3.05) is 0 Å². The van der Waals surface area contributed by atoms with E-state index in [4.69, 9.17) is 16.9 Å². The normalized spacial score (nSPS) is 74.7. The van der Waals surface area contributed by atoms with Crippen molar-refractivity contribution in [3.8, 4) is 6.07 Å². The molecule has 5 aliphatic carbocycles. The summed E-state index contributed by atoms with van der Waals surface area (Å²) in [5, 5.41) is 9.04. The van der Waals surface area contributed by atoms with Crippen molar-refractivity contribution in [2.24, 2.45) is 35.5 Å². The van der Waals surface area contributed by atoms with E-state index in [1.54, 1.807) is 0 Å². The zero-order chi connectivity index (χ0) is 8.09. The fourth-order valence-electron chi connectivity index (χ4n) is 4.86. The van der Waals surface area contributed by atoms with Gasteiger partial charge in [0.05, 0.1) is 6.07 Å². The van der Waals surface area contributed by atoms with Crippen LogP contribution in [0.4, 0.5) is 0 Å². The molecule has 62 valence electrons. The molecule has 0 N–H and O–H groups in total. The molecular formula is C10H10ClN. The number of alkyl halides is 1. The summed E-state index contributed by atoms with van der Waals surface area (Å²) in [5.74, 6) is 5.18. The fraction of sp³-hybridized carbons (Fsp3) is 0.900. The first-order valence-corrected chi connectivity index (χ1v) is 5.24. The van der Waals surface area contributed by atoms with Gasteiger partial charge in [0.15, 0.2) is 0 Å². The summed E-state index contributed by atoms with van der Waals surface area (Å²) in [4.78, 5) is -0.443. The van der Waals surface area contributed by atoms with Crippen LogP contribution >= 0.6 is 11.6 Å². The predicted molar refractivity (Wildman–Crippen MR) is 44.4 cm³/mol. The molecule has 5 saturated carbocycles. The smallest absolute Gasteiger partial charge is 0.134 e. The van der Waals surface area contributed by atoms with Gasteiger partial charge in [0.2, 0.25) is 0 Å². The minimum absolute atomic E-state index is 0.443. The van der Waals surface area contributed by atoms with Crippen LogP contribution in [0.2, 0.25) is 0 Å². The Morgan fingerprint density at radius 3 is 2.58 bits per heavy atom. The Bertz CT molecular complexity index is 320. The molecule has 5 aliphatic rings. The Kier molecular flexibility index (Phi) is 0.751. The van der Waals surface area contributed by atoms with Crippen molar-refractivity contribution in [2.45, 2.75) is 17.7 Å². The van der Waals surface area contributed by atoms with Crippen LogP contribution < -0.4 is 0 Å². The highest BCUT2D eigenvalue weighted by atomic mass is 35.5. The van der Waals surface area contributed by atoms with Gasteiger partial charge in [-0.25, -0.2) is 0 Å². The Balaban J connectivity index is 1.89. The van der Waals surface area contributed by atoms with Gasteiger partial charge < -0.3 is 0 Å². The highest BCUT2D eigenvalue weighted by Gasteiger charge is 2.81. The van der Waals surface area contributed by atoms with Crippen LogP contribution in [0.15, 0.2) is 0 Å². The molecule has 1 nitrogen and oxygen atoms in total. The van der Waals surface area contributed by atoms with Gasteiger partial charge in [-0.1, -0.05) is 0 Å². The first kappa shape index (κ1) is 6.27. The van der Waals surface area contributed by atoms with E-state index in [0.29, 0.717) is 5.92 Å². The minimum atomic E-state index is -0.443. The molecule has 5 rings (SSSR count). The summed E-state index contributed by atoms with van der Waals surface area (Å²) in [6.45, 7) is 0. The molecule has 0 aromatic heterocycles. The van der Waals surface area contributed by atoms with Crippen LogP contribution in [0, 0.1) is 46.8 Å². The second-order valence-corrected chi connectivity index (χ2v) is 5.76. The van der Waals surface area contributed by atoms with Gasteiger partial charge in [-0.15, -0.1) is 11.6 Å². The van der Waals surface area contributed by atoms with E-state index < -0.39 is 4.87 Å². The summed E-state index contributed by atoms with van der Waals surface area (Å²) in [5.41, 5.74) is 0. The van der Waals surface area contributed by atoms with Crippen LogP contribution in [0.25, 0.3) is 0 Å². The molecule has 0 amide bonds. The Hall–Kier alpha value is -0.220. The first-order chi connectivity index (χ1) is 5.76. The van der Waals surface area contributed by atoms with Crippen LogP contribution in [0.1, 0.15) is 12.8 Å². The monoisotopic (exact) mass is 179 g/mol. The van der Waals surface area contributed by atoms with Crippen molar-refractivity contribution in [3.63, 3.8) is 0 Å². The van der Waals surface area contributed by atoms with Gasteiger partial charge in [-0.2, -0.15) is 5.26 Å². The van der Waals surface area contributed by atoms with Crippen molar-refractivity contribution < 1.29 is 0 Å². The maximum absolute atomic E-state index is 9.04. The number of nitrogens with zero attached hydrogens (tertiary/aromatic N) is 1. The third kappa shape index (κ3) is 0.393. The van der Waals surface area contributed by atoms with Gasteiger partial charge >= 0.3 is 0 Å². The van der Waals surface area contributed by atoms with E-state index >= 15 is 0 Å². The van der Waals surface area contributed by atoms with Crippen molar-refractivity contribution >= 4 is 11.6 Å². The molecule has 0 aliphatic heterocycles. The molecule has 0 aromatic carbocycles. The Labute approximate surface area is 76.7 Å². The first-order valence-electron chi connectivity index (χ1n) is 4.86. The average molecular weight is 180 g/mol. The van der Waals surface area contributed by atoms with E-state index in [9.17, 15) is 0 Å². The van der Waals surface area contributed by atoms with E-state index in [-0.39, 0.29) is 0 Å². The fourth-order valence-corrected chi connectivity index (χ4v) is 5.34. The van der Waals surface area contributed by atoms with E-state index in [0.717, 1.165) is 36.0 Å². The summed E-state index contributed by atoms with van der Waals surface area (Å²) in [7, 11) is 0. The molecule has 5 fully saturated rings. The van der Waals surface area contributed by atoms with E-state index in [2.05, 4.69) is 6.07 Å². The molecule has 0 radical (unpaired) electrons. The van der Waals surface area contributed by atoms with Gasteiger partial charge in [0.25, 0.3) is 0 Å². The number of halogens is 1. The molecule has 7 atom stereocenters. The molecule has 2 heteroatoms. The Morgan fingerprint density at radius 2 is 2.08 bits per heavy atom. The maximum atomic E-state index is 9.04. The van der Waals surface area contributed by atoms with Gasteiger partial charge in [-0.05, 0) is 48.3 Å². The maximum Gasteiger partial charge on any atom is 0.134 e. The zero-order valence-corrected chi connectivity index (χ0v) is 7.46. The third-order valence-electron chi connectivity index (χ3n) is 5.00. The number of hydrogen-bond donors (Lipinski definition) is 0. The lowest BCUT2D eigenvalue weighted by atomic mass is 9.88. The Morgan fingerprint density at radius 1 is 1.25 bits per heavy atom. The SMILES string of the molecule is N#CC1(Cl)CC2C3CC4C2C4C31. The lowest BCUT2D eigenvalue weighted by Gasteiger charge is -2.23. The third-order valence-corrected chi connectivity index (χ3v) is 5.49. The van der Waals surface area contributed by atoms with Crippen molar-refractivity contribution in [3.05, 3.63) is 0 Å². The summed E-state index contributed by atoms with van der Waals surface area (Å²) in [6.07, 6.45) is 2.40. The topological polar surface area (TPSA) is 23.8 Å². The molecule has 7 unspecified atom stereocenters. The van der Waals surface area contributed by atoms with Crippen LogP contribution in [-0.4, -0.2) is 4.87 Å². The summed E-state index contributed by atoms with van der Waals surface area (Å²) in [6, 6.07) is 2.35. The van der Waals surface area contributed by atoms with Gasteiger partial charge in [0.1, 0.15) is 4.87 Å². The average Bonchev–Trinajstić information content (AvgIpc) is 2.48. The van der Waals surface area contributed by atoms with Crippen molar-refractivity contribution in [1.82, 2.24) is 0 Å². The highest BCUT2D eigenvalue weighted by Crippen LogP contribution is 2.83. The highest BCUT2D eigenvalue weighted by molar-refractivity contribution is 6.26. The van der Waals surface area contributed by atoms with E-state index in [1.165, 1.54) is 6.42 Å². The molecule has 0 heterocycles. The van der Waals surface area contributed by atoms with Gasteiger partial charge in [0, 0.05) is 0 Å². The largest absolute Gasteiger partial charge is 0.196 e. The summed E-state index contributed by atoms with van der Waals surface area (Å²) < 4.78 is 0. The molecule has 0 spiro atoms. The minimum Gasteiger partial charge on any atom is -0.196 e. The zero-order valence-electron chi connectivity index (χ0n) is 6.70. The molecular weight excluding hydrogens is 170 g/mol. The lowest BCUT2D eigenvalue weighted by Crippen LogP contribution is -2.28.